The standard InChI is InChI=1S/C16H25NO2/c1-13-8-9-15(12-14(13)2)6-4-7-16(18)17-10-5-11-19-3/h8-9,12H,4-7,10-11H2,1-3H3,(H,17,18). The molecule has 0 radical (unpaired) electrons. The lowest BCUT2D eigenvalue weighted by Gasteiger charge is -2.06. The van der Waals surface area contributed by atoms with E-state index in [2.05, 4.69) is 37.4 Å². The highest BCUT2D eigenvalue weighted by molar-refractivity contribution is 5.75. The lowest BCUT2D eigenvalue weighted by atomic mass is 10.0. The molecule has 0 aliphatic heterocycles. The molecule has 1 N–H and O–H groups in total. The number of hydrogen-bond acceptors (Lipinski definition) is 2. The summed E-state index contributed by atoms with van der Waals surface area (Å²) in [7, 11) is 1.67. The lowest BCUT2D eigenvalue weighted by Crippen LogP contribution is -2.24. The maximum Gasteiger partial charge on any atom is 0.220 e. The molecular weight excluding hydrogens is 238 g/mol. The van der Waals surface area contributed by atoms with Crippen molar-refractivity contribution < 1.29 is 9.53 Å². The Hall–Kier alpha value is -1.35. The first-order chi connectivity index (χ1) is 9.13. The summed E-state index contributed by atoms with van der Waals surface area (Å²) in [6, 6.07) is 6.51. The number of aryl methyl sites for hydroxylation is 3. The van der Waals surface area contributed by atoms with Crippen molar-refractivity contribution in [1.29, 1.82) is 0 Å². The van der Waals surface area contributed by atoms with Gasteiger partial charge in [0.15, 0.2) is 0 Å². The van der Waals surface area contributed by atoms with Gasteiger partial charge in [0.1, 0.15) is 0 Å². The molecule has 3 heteroatoms. The van der Waals surface area contributed by atoms with Gasteiger partial charge in [0.2, 0.25) is 5.91 Å². The predicted molar refractivity (Wildman–Crippen MR) is 78.4 cm³/mol. The molecule has 1 rings (SSSR count). The molecule has 0 saturated carbocycles. The van der Waals surface area contributed by atoms with Gasteiger partial charge in [-0.15, -0.1) is 0 Å². The van der Waals surface area contributed by atoms with Gasteiger partial charge in [-0.05, 0) is 49.8 Å². The first-order valence-electron chi connectivity index (χ1n) is 6.95. The fourth-order valence-corrected chi connectivity index (χ4v) is 1.94. The summed E-state index contributed by atoms with van der Waals surface area (Å²) in [6.07, 6.45) is 3.34. The van der Waals surface area contributed by atoms with E-state index in [1.165, 1.54) is 16.7 Å². The normalized spacial score (nSPS) is 10.5. The van der Waals surface area contributed by atoms with Crippen LogP contribution < -0.4 is 5.32 Å². The van der Waals surface area contributed by atoms with Crippen LogP contribution in [0.1, 0.15) is 36.0 Å². The number of carbonyl (C=O) groups excluding carboxylic acids is 1. The van der Waals surface area contributed by atoms with E-state index in [9.17, 15) is 4.79 Å². The smallest absolute Gasteiger partial charge is 0.220 e. The molecule has 1 aromatic carbocycles. The van der Waals surface area contributed by atoms with Gasteiger partial charge < -0.3 is 10.1 Å². The summed E-state index contributed by atoms with van der Waals surface area (Å²) in [5.41, 5.74) is 3.96. The third-order valence-electron chi connectivity index (χ3n) is 3.29. The van der Waals surface area contributed by atoms with Crippen LogP contribution >= 0.6 is 0 Å². The second-order valence-corrected chi connectivity index (χ2v) is 4.97. The second-order valence-electron chi connectivity index (χ2n) is 4.97. The zero-order chi connectivity index (χ0) is 14.1. The highest BCUT2D eigenvalue weighted by Crippen LogP contribution is 2.12. The predicted octanol–water partition coefficient (Wildman–Crippen LogP) is 2.78. The summed E-state index contributed by atoms with van der Waals surface area (Å²) in [5, 5.41) is 2.91. The molecule has 19 heavy (non-hydrogen) atoms. The molecule has 0 fully saturated rings. The van der Waals surface area contributed by atoms with Gasteiger partial charge in [0, 0.05) is 26.7 Å². The number of rotatable bonds is 8. The minimum atomic E-state index is 0.139. The van der Waals surface area contributed by atoms with Gasteiger partial charge in [0.05, 0.1) is 0 Å². The molecule has 0 unspecified atom stereocenters. The monoisotopic (exact) mass is 263 g/mol. The maximum absolute atomic E-state index is 11.6. The van der Waals surface area contributed by atoms with Gasteiger partial charge in [-0.1, -0.05) is 18.2 Å². The van der Waals surface area contributed by atoms with Gasteiger partial charge in [0.25, 0.3) is 0 Å². The maximum atomic E-state index is 11.6. The van der Waals surface area contributed by atoms with Crippen LogP contribution in [0.15, 0.2) is 18.2 Å². The molecule has 106 valence electrons. The van der Waals surface area contributed by atoms with E-state index in [1.54, 1.807) is 7.11 Å². The van der Waals surface area contributed by atoms with E-state index in [0.717, 1.165) is 19.3 Å². The Labute approximate surface area is 116 Å². The minimum Gasteiger partial charge on any atom is -0.385 e. The number of benzene rings is 1. The highest BCUT2D eigenvalue weighted by Gasteiger charge is 2.02. The molecule has 1 aromatic rings. The average Bonchev–Trinajstić information content (AvgIpc) is 2.39. The summed E-state index contributed by atoms with van der Waals surface area (Å²) >= 11 is 0. The number of hydrogen-bond donors (Lipinski definition) is 1. The van der Waals surface area contributed by atoms with Crippen LogP contribution in [0.3, 0.4) is 0 Å². The SMILES string of the molecule is COCCCNC(=O)CCCc1ccc(C)c(C)c1. The fraction of sp³-hybridized carbons (Fsp3) is 0.562. The van der Waals surface area contributed by atoms with E-state index in [4.69, 9.17) is 4.74 Å². The Morgan fingerprint density at radius 1 is 1.21 bits per heavy atom. The van der Waals surface area contributed by atoms with E-state index in [1.807, 2.05) is 0 Å². The van der Waals surface area contributed by atoms with Crippen LogP contribution in [0.2, 0.25) is 0 Å². The Balaban J connectivity index is 2.18. The summed E-state index contributed by atoms with van der Waals surface area (Å²) in [4.78, 5) is 11.6. The second kappa shape index (κ2) is 8.70. The molecule has 0 heterocycles. The molecule has 3 nitrogen and oxygen atoms in total. The topological polar surface area (TPSA) is 38.3 Å². The van der Waals surface area contributed by atoms with Crippen LogP contribution in [0.4, 0.5) is 0 Å². The molecule has 0 bridgehead atoms. The molecule has 0 aliphatic carbocycles. The van der Waals surface area contributed by atoms with Crippen LogP contribution in [-0.2, 0) is 16.0 Å². The Kier molecular flexibility index (Phi) is 7.19. The first kappa shape index (κ1) is 15.7. The van der Waals surface area contributed by atoms with Crippen LogP contribution in [-0.4, -0.2) is 26.2 Å². The number of carbonyl (C=O) groups is 1. The number of amides is 1. The molecule has 1 amide bonds. The van der Waals surface area contributed by atoms with Crippen molar-refractivity contribution in [3.63, 3.8) is 0 Å². The van der Waals surface area contributed by atoms with Crippen molar-refractivity contribution in [2.45, 2.75) is 39.5 Å². The van der Waals surface area contributed by atoms with Crippen molar-refractivity contribution >= 4 is 5.91 Å². The summed E-state index contributed by atoms with van der Waals surface area (Å²) in [6.45, 7) is 5.65. The van der Waals surface area contributed by atoms with Crippen LogP contribution in [0.5, 0.6) is 0 Å². The van der Waals surface area contributed by atoms with Crippen molar-refractivity contribution in [3.8, 4) is 0 Å². The van der Waals surface area contributed by atoms with Crippen LogP contribution in [0, 0.1) is 13.8 Å². The number of methoxy groups -OCH3 is 1. The number of ether oxygens (including phenoxy) is 1. The van der Waals surface area contributed by atoms with E-state index < -0.39 is 0 Å². The van der Waals surface area contributed by atoms with Gasteiger partial charge in [-0.25, -0.2) is 0 Å². The Morgan fingerprint density at radius 3 is 2.68 bits per heavy atom. The third-order valence-corrected chi connectivity index (χ3v) is 3.29. The molecule has 0 aliphatic rings. The van der Waals surface area contributed by atoms with E-state index >= 15 is 0 Å². The van der Waals surface area contributed by atoms with Gasteiger partial charge >= 0.3 is 0 Å². The van der Waals surface area contributed by atoms with Gasteiger partial charge in [-0.3, -0.25) is 4.79 Å². The van der Waals surface area contributed by atoms with Crippen molar-refractivity contribution in [2.75, 3.05) is 20.3 Å². The Morgan fingerprint density at radius 2 is 2.00 bits per heavy atom. The van der Waals surface area contributed by atoms with E-state index in [-0.39, 0.29) is 5.91 Å². The van der Waals surface area contributed by atoms with Crippen molar-refractivity contribution in [3.05, 3.63) is 34.9 Å². The minimum absolute atomic E-state index is 0.139. The van der Waals surface area contributed by atoms with Crippen LogP contribution in [0.25, 0.3) is 0 Å². The lowest BCUT2D eigenvalue weighted by molar-refractivity contribution is -0.121. The largest absolute Gasteiger partial charge is 0.385 e. The zero-order valence-corrected chi connectivity index (χ0v) is 12.3. The summed E-state index contributed by atoms with van der Waals surface area (Å²) < 4.78 is 4.93. The average molecular weight is 263 g/mol. The van der Waals surface area contributed by atoms with E-state index in [0.29, 0.717) is 19.6 Å². The molecule has 0 saturated heterocycles. The third kappa shape index (κ3) is 6.39. The zero-order valence-electron chi connectivity index (χ0n) is 12.3. The Bertz CT molecular complexity index is 402. The highest BCUT2D eigenvalue weighted by atomic mass is 16.5. The van der Waals surface area contributed by atoms with Crippen molar-refractivity contribution in [2.24, 2.45) is 0 Å². The fourth-order valence-electron chi connectivity index (χ4n) is 1.94. The molecule has 0 aromatic heterocycles. The summed E-state index contributed by atoms with van der Waals surface area (Å²) in [5.74, 6) is 0.139. The van der Waals surface area contributed by atoms with Crippen molar-refractivity contribution in [1.82, 2.24) is 5.32 Å². The number of nitrogens with one attached hydrogen (secondary N) is 1. The van der Waals surface area contributed by atoms with Gasteiger partial charge in [-0.2, -0.15) is 0 Å². The molecule has 0 atom stereocenters. The quantitative estimate of drug-likeness (QED) is 0.732. The molecule has 0 spiro atoms. The first-order valence-corrected chi connectivity index (χ1v) is 6.95. The molecular formula is C16H25NO2.